The van der Waals surface area contributed by atoms with Crippen molar-refractivity contribution in [2.75, 3.05) is 19.8 Å². The molecular weight excluding hydrogens is 144 g/mol. The van der Waals surface area contributed by atoms with Gasteiger partial charge in [0.2, 0.25) is 5.91 Å². The number of amides is 1. The van der Waals surface area contributed by atoms with E-state index in [-0.39, 0.29) is 12.5 Å². The predicted octanol–water partition coefficient (Wildman–Crippen LogP) is -0.760. The molecule has 4 heteroatoms. The largest absolute Gasteiger partial charge is 0.370 e. The number of nitrogens with one attached hydrogen (secondary N) is 1. The van der Waals surface area contributed by atoms with Crippen molar-refractivity contribution in [2.24, 2.45) is 5.73 Å². The lowest BCUT2D eigenvalue weighted by Crippen LogP contribution is -2.30. The maximum Gasteiger partial charge on any atom is 0.246 e. The Labute approximate surface area is 66.1 Å². The monoisotopic (exact) mass is 158 g/mol. The highest BCUT2D eigenvalue weighted by Crippen LogP contribution is 2.18. The Kier molecular flexibility index (Phi) is 3.32. The summed E-state index contributed by atoms with van der Waals surface area (Å²) in [4.78, 5) is 10.9. The topological polar surface area (TPSA) is 64.3 Å². The van der Waals surface area contributed by atoms with E-state index >= 15 is 0 Å². The lowest BCUT2D eigenvalue weighted by Gasteiger charge is -2.02. The van der Waals surface area contributed by atoms with Crippen molar-refractivity contribution < 1.29 is 9.53 Å². The Balaban J connectivity index is 1.92. The van der Waals surface area contributed by atoms with Gasteiger partial charge in [0.05, 0.1) is 6.61 Å². The molecule has 0 bridgehead atoms. The molecule has 0 spiro atoms. The average molecular weight is 158 g/mol. The number of rotatable bonds is 5. The van der Waals surface area contributed by atoms with Gasteiger partial charge in [-0.1, -0.05) is 0 Å². The molecule has 0 aromatic carbocycles. The van der Waals surface area contributed by atoms with E-state index in [1.807, 2.05) is 0 Å². The first kappa shape index (κ1) is 8.49. The van der Waals surface area contributed by atoms with Crippen molar-refractivity contribution in [1.29, 1.82) is 0 Å². The highest BCUT2D eigenvalue weighted by molar-refractivity contribution is 5.77. The van der Waals surface area contributed by atoms with Crippen LogP contribution >= 0.6 is 0 Å². The predicted molar refractivity (Wildman–Crippen MR) is 41.0 cm³/mol. The van der Waals surface area contributed by atoms with E-state index in [1.54, 1.807) is 0 Å². The first-order valence-corrected chi connectivity index (χ1v) is 3.90. The summed E-state index contributed by atoms with van der Waals surface area (Å²) in [5, 5.41) is 2.81. The molecule has 4 nitrogen and oxygen atoms in total. The molecular formula is C7H14N2O2. The molecule has 1 aliphatic carbocycles. The molecule has 0 heterocycles. The Morgan fingerprint density at radius 3 is 2.91 bits per heavy atom. The van der Waals surface area contributed by atoms with Crippen molar-refractivity contribution in [3.63, 3.8) is 0 Å². The fraction of sp³-hybridized carbons (Fsp3) is 0.857. The van der Waals surface area contributed by atoms with Crippen LogP contribution in [0, 0.1) is 0 Å². The number of nitrogens with two attached hydrogens (primary N) is 1. The van der Waals surface area contributed by atoms with Crippen molar-refractivity contribution in [2.45, 2.75) is 18.9 Å². The van der Waals surface area contributed by atoms with Crippen molar-refractivity contribution >= 4 is 5.91 Å². The second kappa shape index (κ2) is 4.31. The van der Waals surface area contributed by atoms with Crippen LogP contribution in [0.25, 0.3) is 0 Å². The smallest absolute Gasteiger partial charge is 0.246 e. The maximum atomic E-state index is 10.9. The molecule has 1 aliphatic rings. The normalized spacial score (nSPS) is 16.5. The van der Waals surface area contributed by atoms with Crippen molar-refractivity contribution in [1.82, 2.24) is 5.32 Å². The van der Waals surface area contributed by atoms with E-state index in [4.69, 9.17) is 10.5 Å². The summed E-state index contributed by atoms with van der Waals surface area (Å²) in [6.45, 7) is 1.07. The second-order valence-electron chi connectivity index (χ2n) is 2.68. The molecule has 3 N–H and O–H groups in total. The Morgan fingerprint density at radius 2 is 2.36 bits per heavy atom. The minimum Gasteiger partial charge on any atom is -0.370 e. The minimum atomic E-state index is -0.0269. The third-order valence-corrected chi connectivity index (χ3v) is 1.44. The fourth-order valence-electron chi connectivity index (χ4n) is 0.745. The van der Waals surface area contributed by atoms with Gasteiger partial charge in [-0.15, -0.1) is 0 Å². The second-order valence-corrected chi connectivity index (χ2v) is 2.68. The van der Waals surface area contributed by atoms with Gasteiger partial charge >= 0.3 is 0 Å². The summed E-state index contributed by atoms with van der Waals surface area (Å²) < 4.78 is 4.94. The zero-order chi connectivity index (χ0) is 8.10. The molecule has 1 fully saturated rings. The average Bonchev–Trinajstić information content (AvgIpc) is 2.72. The molecule has 1 saturated carbocycles. The van der Waals surface area contributed by atoms with E-state index in [0.717, 1.165) is 12.8 Å². The quantitative estimate of drug-likeness (QED) is 0.517. The van der Waals surface area contributed by atoms with Gasteiger partial charge in [-0.2, -0.15) is 0 Å². The van der Waals surface area contributed by atoms with Crippen LogP contribution in [-0.2, 0) is 9.53 Å². The minimum absolute atomic E-state index is 0.0269. The number of ether oxygens (including phenoxy) is 1. The summed E-state index contributed by atoms with van der Waals surface area (Å²) in [5.74, 6) is -0.0269. The van der Waals surface area contributed by atoms with Crippen LogP contribution in [-0.4, -0.2) is 31.7 Å². The number of carbonyl (C=O) groups is 1. The first-order valence-electron chi connectivity index (χ1n) is 3.90. The van der Waals surface area contributed by atoms with Gasteiger partial charge < -0.3 is 15.8 Å². The molecule has 0 unspecified atom stereocenters. The van der Waals surface area contributed by atoms with E-state index in [1.165, 1.54) is 0 Å². The fourth-order valence-corrected chi connectivity index (χ4v) is 0.745. The summed E-state index contributed by atoms with van der Waals surface area (Å²) in [5.41, 5.74) is 5.17. The van der Waals surface area contributed by atoms with Crippen molar-refractivity contribution in [3.05, 3.63) is 0 Å². The zero-order valence-corrected chi connectivity index (χ0v) is 6.51. The lowest BCUT2D eigenvalue weighted by atomic mass is 10.6. The molecule has 64 valence electrons. The van der Waals surface area contributed by atoms with Crippen LogP contribution in [0.1, 0.15) is 12.8 Å². The Bertz CT molecular complexity index is 134. The van der Waals surface area contributed by atoms with Crippen molar-refractivity contribution in [3.8, 4) is 0 Å². The van der Waals surface area contributed by atoms with Crippen LogP contribution < -0.4 is 11.1 Å². The first-order chi connectivity index (χ1) is 5.33. The number of carbonyl (C=O) groups excluding carboxylic acids is 1. The highest BCUT2D eigenvalue weighted by atomic mass is 16.5. The maximum absolute atomic E-state index is 10.9. The number of hydrogen-bond donors (Lipinski definition) is 2. The van der Waals surface area contributed by atoms with Crippen LogP contribution in [0.4, 0.5) is 0 Å². The highest BCUT2D eigenvalue weighted by Gasteiger charge is 2.22. The molecule has 0 aromatic rings. The van der Waals surface area contributed by atoms with E-state index in [9.17, 15) is 4.79 Å². The molecule has 0 atom stereocenters. The van der Waals surface area contributed by atoms with E-state index in [0.29, 0.717) is 19.2 Å². The molecule has 0 aromatic heterocycles. The molecule has 0 aliphatic heterocycles. The molecule has 0 radical (unpaired) electrons. The van der Waals surface area contributed by atoms with Crippen LogP contribution in [0.2, 0.25) is 0 Å². The third kappa shape index (κ3) is 3.95. The van der Waals surface area contributed by atoms with Gasteiger partial charge in [0.25, 0.3) is 0 Å². The Morgan fingerprint density at radius 1 is 1.64 bits per heavy atom. The van der Waals surface area contributed by atoms with Gasteiger partial charge in [0.1, 0.15) is 6.61 Å². The summed E-state index contributed by atoms with van der Waals surface area (Å²) >= 11 is 0. The molecule has 11 heavy (non-hydrogen) atoms. The van der Waals surface area contributed by atoms with Gasteiger partial charge in [-0.05, 0) is 12.8 Å². The molecule has 1 rings (SSSR count). The summed E-state index contributed by atoms with van der Waals surface area (Å²) in [7, 11) is 0. The van der Waals surface area contributed by atoms with Gasteiger partial charge in [-0.25, -0.2) is 0 Å². The number of hydrogen-bond acceptors (Lipinski definition) is 3. The standard InChI is InChI=1S/C7H14N2O2/c8-3-4-11-5-7(10)9-6-1-2-6/h6H,1-5,8H2,(H,9,10). The van der Waals surface area contributed by atoms with E-state index in [2.05, 4.69) is 5.32 Å². The zero-order valence-electron chi connectivity index (χ0n) is 6.51. The van der Waals surface area contributed by atoms with Gasteiger partial charge in [0.15, 0.2) is 0 Å². The third-order valence-electron chi connectivity index (χ3n) is 1.44. The van der Waals surface area contributed by atoms with E-state index < -0.39 is 0 Å². The Hall–Kier alpha value is -0.610. The lowest BCUT2D eigenvalue weighted by molar-refractivity contribution is -0.125. The molecule has 0 saturated heterocycles. The molecule has 1 amide bonds. The summed E-state index contributed by atoms with van der Waals surface area (Å²) in [6.07, 6.45) is 2.23. The van der Waals surface area contributed by atoms with Crippen LogP contribution in [0.5, 0.6) is 0 Å². The van der Waals surface area contributed by atoms with Crippen LogP contribution in [0.3, 0.4) is 0 Å². The summed E-state index contributed by atoms with van der Waals surface area (Å²) in [6, 6.07) is 0.420. The van der Waals surface area contributed by atoms with Gasteiger partial charge in [-0.3, -0.25) is 4.79 Å². The van der Waals surface area contributed by atoms with Crippen LogP contribution in [0.15, 0.2) is 0 Å². The van der Waals surface area contributed by atoms with Gasteiger partial charge in [0, 0.05) is 12.6 Å². The SMILES string of the molecule is NCCOCC(=O)NC1CC1.